The molecule has 0 radical (unpaired) electrons. The smallest absolute Gasteiger partial charge is 0.236 e. The first-order chi connectivity index (χ1) is 12.5. The number of carbonyl (C=O) groups is 1. The number of nitrogens with two attached hydrogens (primary N) is 1. The van der Waals surface area contributed by atoms with Gasteiger partial charge in [-0.1, -0.05) is 48.0 Å². The van der Waals surface area contributed by atoms with Crippen molar-refractivity contribution >= 4 is 29.9 Å². The molecule has 0 spiro atoms. The van der Waals surface area contributed by atoms with Crippen LogP contribution in [0.5, 0.6) is 0 Å². The van der Waals surface area contributed by atoms with E-state index in [2.05, 4.69) is 17.0 Å². The molecule has 0 unspecified atom stereocenters. The Labute approximate surface area is 170 Å². The molecule has 0 aromatic heterocycles. The molecule has 0 bridgehead atoms. The van der Waals surface area contributed by atoms with Crippen LogP contribution in [-0.2, 0) is 11.3 Å². The molecule has 2 aromatic rings. The minimum atomic E-state index is -0.399. The summed E-state index contributed by atoms with van der Waals surface area (Å²) < 4.78 is 13.9. The van der Waals surface area contributed by atoms with Crippen molar-refractivity contribution in [2.75, 3.05) is 26.7 Å². The quantitative estimate of drug-likeness (QED) is 0.820. The fourth-order valence-corrected chi connectivity index (χ4v) is 3.64. The monoisotopic (exact) mass is 411 g/mol. The predicted octanol–water partition coefficient (Wildman–Crippen LogP) is 3.29. The first-order valence-electron chi connectivity index (χ1n) is 8.65. The Kier molecular flexibility index (Phi) is 7.62. The highest BCUT2D eigenvalue weighted by molar-refractivity contribution is 6.31. The number of hydrogen-bond donors (Lipinski definition) is 1. The standard InChI is InChI=1S/C20H23ClFN3O.ClH/c1-24(10-16-17(21)8-5-9-18(16)22)20(26)13-25-11-15(19(23)12-25)14-6-3-2-4-7-14;/h2-9,15,19H,10-13,23H2,1H3;1H/t15-,19+;/m0./s1. The summed E-state index contributed by atoms with van der Waals surface area (Å²) in [5.74, 6) is -0.259. The highest BCUT2D eigenvalue weighted by Gasteiger charge is 2.32. The summed E-state index contributed by atoms with van der Waals surface area (Å²) in [6.45, 7) is 1.82. The van der Waals surface area contributed by atoms with E-state index < -0.39 is 5.82 Å². The number of likely N-dealkylation sites (N-methyl/N-ethyl adjacent to an activating group) is 1. The Morgan fingerprint density at radius 3 is 2.59 bits per heavy atom. The molecule has 4 nitrogen and oxygen atoms in total. The van der Waals surface area contributed by atoms with Crippen LogP contribution in [0.25, 0.3) is 0 Å². The van der Waals surface area contributed by atoms with Gasteiger partial charge in [0.25, 0.3) is 0 Å². The fourth-order valence-electron chi connectivity index (χ4n) is 3.42. The summed E-state index contributed by atoms with van der Waals surface area (Å²) in [7, 11) is 1.66. The maximum atomic E-state index is 13.9. The van der Waals surface area contributed by atoms with E-state index in [9.17, 15) is 9.18 Å². The molecule has 1 saturated heterocycles. The lowest BCUT2D eigenvalue weighted by molar-refractivity contribution is -0.131. The lowest BCUT2D eigenvalue weighted by atomic mass is 9.95. The van der Waals surface area contributed by atoms with Crippen molar-refractivity contribution in [2.45, 2.75) is 18.5 Å². The molecule has 3 rings (SSSR count). The van der Waals surface area contributed by atoms with Crippen molar-refractivity contribution in [3.05, 3.63) is 70.5 Å². The van der Waals surface area contributed by atoms with E-state index in [1.165, 1.54) is 16.5 Å². The van der Waals surface area contributed by atoms with Gasteiger partial charge in [-0.3, -0.25) is 9.69 Å². The van der Waals surface area contributed by atoms with Gasteiger partial charge in [-0.2, -0.15) is 0 Å². The zero-order valence-electron chi connectivity index (χ0n) is 15.1. The SMILES string of the molecule is CN(Cc1c(F)cccc1Cl)C(=O)CN1C[C@@H](N)[C@H](c2ccccc2)C1.Cl. The van der Waals surface area contributed by atoms with E-state index in [0.29, 0.717) is 17.1 Å². The van der Waals surface area contributed by atoms with Gasteiger partial charge in [0.05, 0.1) is 6.54 Å². The summed E-state index contributed by atoms with van der Waals surface area (Å²) in [5, 5.41) is 0.331. The van der Waals surface area contributed by atoms with Crippen molar-refractivity contribution < 1.29 is 9.18 Å². The fraction of sp³-hybridized carbons (Fsp3) is 0.350. The lowest BCUT2D eigenvalue weighted by Gasteiger charge is -2.22. The van der Waals surface area contributed by atoms with E-state index in [-0.39, 0.29) is 43.4 Å². The largest absolute Gasteiger partial charge is 0.340 e. The van der Waals surface area contributed by atoms with Crippen LogP contribution < -0.4 is 5.73 Å². The van der Waals surface area contributed by atoms with E-state index in [0.717, 1.165) is 6.54 Å². The number of benzene rings is 2. The molecule has 0 saturated carbocycles. The third kappa shape index (κ3) is 5.20. The first-order valence-corrected chi connectivity index (χ1v) is 9.03. The highest BCUT2D eigenvalue weighted by Crippen LogP contribution is 2.26. The maximum absolute atomic E-state index is 13.9. The van der Waals surface area contributed by atoms with Crippen LogP contribution in [0.2, 0.25) is 5.02 Å². The van der Waals surface area contributed by atoms with Crippen LogP contribution in [0.15, 0.2) is 48.5 Å². The minimum absolute atomic E-state index is 0. The molecule has 7 heteroatoms. The van der Waals surface area contributed by atoms with Crippen LogP contribution in [0.1, 0.15) is 17.0 Å². The van der Waals surface area contributed by atoms with Gasteiger partial charge in [-0.25, -0.2) is 4.39 Å². The normalized spacial score (nSPS) is 19.6. The number of likely N-dealkylation sites (tertiary alicyclic amines) is 1. The van der Waals surface area contributed by atoms with Gasteiger partial charge >= 0.3 is 0 Å². The number of rotatable bonds is 5. The van der Waals surface area contributed by atoms with Crippen LogP contribution in [0, 0.1) is 5.82 Å². The average molecular weight is 412 g/mol. The maximum Gasteiger partial charge on any atom is 0.236 e. The lowest BCUT2D eigenvalue weighted by Crippen LogP contribution is -2.38. The van der Waals surface area contributed by atoms with Crippen LogP contribution in [-0.4, -0.2) is 48.4 Å². The number of nitrogens with zero attached hydrogens (tertiary/aromatic N) is 2. The second-order valence-corrected chi connectivity index (χ2v) is 7.23. The number of hydrogen-bond acceptors (Lipinski definition) is 3. The zero-order chi connectivity index (χ0) is 18.7. The zero-order valence-corrected chi connectivity index (χ0v) is 16.7. The average Bonchev–Trinajstić information content (AvgIpc) is 2.99. The molecule has 27 heavy (non-hydrogen) atoms. The Bertz CT molecular complexity index is 755. The van der Waals surface area contributed by atoms with Crippen LogP contribution in [0.3, 0.4) is 0 Å². The molecule has 1 aliphatic heterocycles. The highest BCUT2D eigenvalue weighted by atomic mass is 35.5. The van der Waals surface area contributed by atoms with Crippen molar-refractivity contribution in [1.29, 1.82) is 0 Å². The van der Waals surface area contributed by atoms with Crippen molar-refractivity contribution in [3.63, 3.8) is 0 Å². The molecular formula is C20H24Cl2FN3O. The third-order valence-corrected chi connectivity index (χ3v) is 5.26. The van der Waals surface area contributed by atoms with Crippen LogP contribution >= 0.6 is 24.0 Å². The molecule has 1 fully saturated rings. The van der Waals surface area contributed by atoms with Crippen molar-refractivity contribution in [3.8, 4) is 0 Å². The molecule has 1 amide bonds. The van der Waals surface area contributed by atoms with Gasteiger partial charge in [0.15, 0.2) is 0 Å². The van der Waals surface area contributed by atoms with Crippen molar-refractivity contribution in [1.82, 2.24) is 9.80 Å². The second-order valence-electron chi connectivity index (χ2n) is 6.83. The summed E-state index contributed by atoms with van der Waals surface area (Å²) >= 11 is 6.05. The predicted molar refractivity (Wildman–Crippen MR) is 109 cm³/mol. The summed E-state index contributed by atoms with van der Waals surface area (Å²) in [6.07, 6.45) is 0. The van der Waals surface area contributed by atoms with Gasteiger partial charge in [-0.05, 0) is 17.7 Å². The molecule has 1 aliphatic rings. The molecule has 2 N–H and O–H groups in total. The van der Waals surface area contributed by atoms with Gasteiger partial charge in [0.1, 0.15) is 5.82 Å². The molecule has 146 valence electrons. The van der Waals surface area contributed by atoms with E-state index in [1.54, 1.807) is 19.2 Å². The van der Waals surface area contributed by atoms with Crippen molar-refractivity contribution in [2.24, 2.45) is 5.73 Å². The minimum Gasteiger partial charge on any atom is -0.340 e. The molecular weight excluding hydrogens is 388 g/mol. The summed E-state index contributed by atoms with van der Waals surface area (Å²) in [5.41, 5.74) is 7.82. The summed E-state index contributed by atoms with van der Waals surface area (Å²) in [4.78, 5) is 16.1. The number of amides is 1. The Morgan fingerprint density at radius 1 is 1.22 bits per heavy atom. The van der Waals surface area contributed by atoms with Gasteiger partial charge in [-0.15, -0.1) is 12.4 Å². The number of carbonyl (C=O) groups excluding carboxylic acids is 1. The molecule has 1 heterocycles. The molecule has 0 aliphatic carbocycles. The van der Waals surface area contributed by atoms with E-state index >= 15 is 0 Å². The first kappa shape index (κ1) is 21.6. The second kappa shape index (κ2) is 9.51. The molecule has 2 aromatic carbocycles. The Balaban J connectivity index is 0.00000261. The Hall–Kier alpha value is -1.66. The number of halogens is 3. The van der Waals surface area contributed by atoms with E-state index in [4.69, 9.17) is 17.3 Å². The third-order valence-electron chi connectivity index (χ3n) is 4.91. The van der Waals surface area contributed by atoms with Crippen LogP contribution in [0.4, 0.5) is 4.39 Å². The van der Waals surface area contributed by atoms with Gasteiger partial charge < -0.3 is 10.6 Å². The Morgan fingerprint density at radius 2 is 1.93 bits per heavy atom. The van der Waals surface area contributed by atoms with Gasteiger partial charge in [0, 0.05) is 49.2 Å². The van der Waals surface area contributed by atoms with E-state index in [1.807, 2.05) is 18.2 Å². The summed E-state index contributed by atoms with van der Waals surface area (Å²) in [6, 6.07) is 14.7. The topological polar surface area (TPSA) is 49.6 Å². The molecule has 2 atom stereocenters. The van der Waals surface area contributed by atoms with Gasteiger partial charge in [0.2, 0.25) is 5.91 Å².